The van der Waals surface area contributed by atoms with Crippen LogP contribution in [-0.4, -0.2) is 42.3 Å². The quantitative estimate of drug-likeness (QED) is 0.635. The molecular weight excluding hydrogens is 396 g/mol. The molecule has 31 heavy (non-hydrogen) atoms. The summed E-state index contributed by atoms with van der Waals surface area (Å²) in [7, 11) is 0. The van der Waals surface area contributed by atoms with E-state index in [9.17, 15) is 14.4 Å². The topological polar surface area (TPSA) is 105 Å². The lowest BCUT2D eigenvalue weighted by Gasteiger charge is -2.21. The van der Waals surface area contributed by atoms with E-state index < -0.39 is 18.6 Å². The van der Waals surface area contributed by atoms with Gasteiger partial charge in [-0.05, 0) is 41.0 Å². The van der Waals surface area contributed by atoms with Gasteiger partial charge in [-0.3, -0.25) is 9.59 Å². The molecular formula is C24H26N2O5. The first kappa shape index (κ1) is 20.9. The van der Waals surface area contributed by atoms with Crippen LogP contribution in [0.15, 0.2) is 48.5 Å². The fourth-order valence-electron chi connectivity index (χ4n) is 4.75. The molecule has 0 spiro atoms. The maximum absolute atomic E-state index is 12.5. The van der Waals surface area contributed by atoms with Crippen molar-refractivity contribution in [2.45, 2.75) is 37.6 Å². The summed E-state index contributed by atoms with van der Waals surface area (Å²) in [4.78, 5) is 35.1. The van der Waals surface area contributed by atoms with Gasteiger partial charge >= 0.3 is 12.1 Å². The molecule has 2 aromatic rings. The van der Waals surface area contributed by atoms with Gasteiger partial charge in [-0.15, -0.1) is 0 Å². The third-order valence-electron chi connectivity index (χ3n) is 6.19. The van der Waals surface area contributed by atoms with Crippen LogP contribution in [-0.2, 0) is 14.3 Å². The van der Waals surface area contributed by atoms with Crippen LogP contribution < -0.4 is 10.6 Å². The van der Waals surface area contributed by atoms with E-state index in [1.54, 1.807) is 0 Å². The minimum absolute atomic E-state index is 0.000628. The largest absolute Gasteiger partial charge is 0.480 e. The Kier molecular flexibility index (Phi) is 6.21. The lowest BCUT2D eigenvalue weighted by atomic mass is 9.98. The third kappa shape index (κ3) is 4.71. The average molecular weight is 422 g/mol. The third-order valence-corrected chi connectivity index (χ3v) is 6.19. The molecule has 4 rings (SSSR count). The summed E-state index contributed by atoms with van der Waals surface area (Å²) < 4.78 is 5.61. The van der Waals surface area contributed by atoms with Crippen LogP contribution >= 0.6 is 0 Å². The minimum Gasteiger partial charge on any atom is -0.480 e. The average Bonchev–Trinajstić information content (AvgIpc) is 3.32. The molecule has 1 saturated carbocycles. The molecule has 162 valence electrons. The fraction of sp³-hybridized carbons (Fsp3) is 0.375. The summed E-state index contributed by atoms with van der Waals surface area (Å²) in [6, 6.07) is 16.2. The van der Waals surface area contributed by atoms with E-state index in [-0.39, 0.29) is 36.8 Å². The van der Waals surface area contributed by atoms with Gasteiger partial charge in [0.2, 0.25) is 5.91 Å². The highest BCUT2D eigenvalue weighted by Gasteiger charge is 2.32. The maximum Gasteiger partial charge on any atom is 0.407 e. The Morgan fingerprint density at radius 1 is 0.968 bits per heavy atom. The molecule has 3 N–H and O–H groups in total. The van der Waals surface area contributed by atoms with Crippen molar-refractivity contribution in [1.29, 1.82) is 0 Å². The Bertz CT molecular complexity index is 944. The molecule has 2 atom stereocenters. The first-order valence-electron chi connectivity index (χ1n) is 10.6. The number of amides is 2. The molecule has 2 amide bonds. The highest BCUT2D eigenvalue weighted by molar-refractivity contribution is 5.81. The zero-order valence-electron chi connectivity index (χ0n) is 17.2. The van der Waals surface area contributed by atoms with Crippen LogP contribution in [0.4, 0.5) is 4.79 Å². The number of carboxylic acid groups (broad SMARTS) is 1. The lowest BCUT2D eigenvalue weighted by molar-refractivity contribution is -0.138. The molecule has 2 aliphatic rings. The van der Waals surface area contributed by atoms with Gasteiger partial charge in [-0.25, -0.2) is 4.79 Å². The molecule has 0 heterocycles. The number of aliphatic carboxylic acids is 1. The number of nitrogens with one attached hydrogen (secondary N) is 2. The number of ether oxygens (including phenoxy) is 1. The van der Waals surface area contributed by atoms with Crippen LogP contribution in [0.25, 0.3) is 11.1 Å². The highest BCUT2D eigenvalue weighted by atomic mass is 16.5. The zero-order chi connectivity index (χ0) is 21.8. The fourth-order valence-corrected chi connectivity index (χ4v) is 4.75. The molecule has 7 heteroatoms. The summed E-state index contributed by atoms with van der Waals surface area (Å²) >= 11 is 0. The number of fused-ring (bicyclic) bond motifs is 3. The number of carbonyl (C=O) groups excluding carboxylic acids is 2. The van der Waals surface area contributed by atoms with Crippen molar-refractivity contribution < 1.29 is 24.2 Å². The number of carbonyl (C=O) groups is 3. The Labute approximate surface area is 180 Å². The molecule has 0 aromatic heterocycles. The molecule has 0 unspecified atom stereocenters. The van der Waals surface area contributed by atoms with E-state index in [0.717, 1.165) is 30.4 Å². The van der Waals surface area contributed by atoms with Crippen LogP contribution in [0, 0.1) is 5.92 Å². The van der Waals surface area contributed by atoms with E-state index in [4.69, 9.17) is 9.84 Å². The van der Waals surface area contributed by atoms with Crippen molar-refractivity contribution in [3.63, 3.8) is 0 Å². The van der Waals surface area contributed by atoms with E-state index in [1.165, 1.54) is 11.1 Å². The van der Waals surface area contributed by atoms with Crippen molar-refractivity contribution in [1.82, 2.24) is 10.6 Å². The summed E-state index contributed by atoms with van der Waals surface area (Å²) in [6.07, 6.45) is 2.22. The second kappa shape index (κ2) is 9.20. The van der Waals surface area contributed by atoms with Crippen molar-refractivity contribution in [2.75, 3.05) is 13.2 Å². The first-order valence-corrected chi connectivity index (χ1v) is 10.6. The number of hydrogen-bond acceptors (Lipinski definition) is 4. The van der Waals surface area contributed by atoms with Gasteiger partial charge in [0.15, 0.2) is 0 Å². The second-order valence-corrected chi connectivity index (χ2v) is 8.14. The van der Waals surface area contributed by atoms with Gasteiger partial charge in [0.1, 0.15) is 13.2 Å². The minimum atomic E-state index is -1.08. The van der Waals surface area contributed by atoms with E-state index in [1.807, 2.05) is 24.3 Å². The Morgan fingerprint density at radius 3 is 2.26 bits per heavy atom. The van der Waals surface area contributed by atoms with Gasteiger partial charge in [0.25, 0.3) is 0 Å². The summed E-state index contributed by atoms with van der Waals surface area (Å²) in [6.45, 7) is -0.146. The van der Waals surface area contributed by atoms with Crippen molar-refractivity contribution >= 4 is 18.0 Å². The molecule has 0 aliphatic heterocycles. The van der Waals surface area contributed by atoms with Gasteiger partial charge in [-0.1, -0.05) is 55.0 Å². The smallest absolute Gasteiger partial charge is 0.407 e. The maximum atomic E-state index is 12.5. The number of carboxylic acids is 1. The van der Waals surface area contributed by atoms with E-state index in [0.29, 0.717) is 0 Å². The number of rotatable bonds is 7. The van der Waals surface area contributed by atoms with Crippen LogP contribution in [0.5, 0.6) is 0 Å². The number of hydrogen-bond donors (Lipinski definition) is 3. The Hall–Kier alpha value is -3.35. The number of benzene rings is 2. The standard InChI is InChI=1S/C24H26N2O5/c27-22(25-13-23(28)29)12-15-6-5-11-21(15)26-24(30)31-14-20-18-9-3-1-7-16(18)17-8-2-4-10-19(17)20/h1-4,7-10,15,20-21H,5-6,11-14H2,(H,25,27)(H,26,30)(H,28,29)/t15-,21+/m0/s1. The summed E-state index contributed by atoms with van der Waals surface area (Å²) in [5.41, 5.74) is 4.67. The molecule has 2 aliphatic carbocycles. The highest BCUT2D eigenvalue weighted by Crippen LogP contribution is 2.44. The van der Waals surface area contributed by atoms with Gasteiger partial charge in [0, 0.05) is 18.4 Å². The Balaban J connectivity index is 1.33. The predicted molar refractivity (Wildman–Crippen MR) is 115 cm³/mol. The van der Waals surface area contributed by atoms with E-state index in [2.05, 4.69) is 34.9 Å². The molecule has 0 radical (unpaired) electrons. The zero-order valence-corrected chi connectivity index (χ0v) is 17.2. The van der Waals surface area contributed by atoms with Crippen LogP contribution in [0.3, 0.4) is 0 Å². The predicted octanol–water partition coefficient (Wildman–Crippen LogP) is 3.28. The van der Waals surface area contributed by atoms with Crippen molar-refractivity contribution in [3.05, 3.63) is 59.7 Å². The van der Waals surface area contributed by atoms with Gasteiger partial charge < -0.3 is 20.5 Å². The van der Waals surface area contributed by atoms with E-state index >= 15 is 0 Å². The van der Waals surface area contributed by atoms with Crippen LogP contribution in [0.1, 0.15) is 42.7 Å². The van der Waals surface area contributed by atoms with Gasteiger partial charge in [0.05, 0.1) is 0 Å². The Morgan fingerprint density at radius 2 is 1.61 bits per heavy atom. The molecule has 7 nitrogen and oxygen atoms in total. The lowest BCUT2D eigenvalue weighted by Crippen LogP contribution is -2.40. The van der Waals surface area contributed by atoms with Crippen LogP contribution in [0.2, 0.25) is 0 Å². The second-order valence-electron chi connectivity index (χ2n) is 8.14. The molecule has 2 aromatic carbocycles. The van der Waals surface area contributed by atoms with Crippen molar-refractivity contribution in [3.8, 4) is 11.1 Å². The normalized spacial score (nSPS) is 19.4. The van der Waals surface area contributed by atoms with Crippen molar-refractivity contribution in [2.24, 2.45) is 5.92 Å². The molecule has 0 bridgehead atoms. The first-order chi connectivity index (χ1) is 15.0. The monoisotopic (exact) mass is 422 g/mol. The van der Waals surface area contributed by atoms with Gasteiger partial charge in [-0.2, -0.15) is 0 Å². The summed E-state index contributed by atoms with van der Waals surface area (Å²) in [5, 5.41) is 14.0. The molecule has 0 saturated heterocycles. The SMILES string of the molecule is O=C(O)CNC(=O)C[C@@H]1CCC[C@H]1NC(=O)OCC1c2ccccc2-c2ccccc21. The summed E-state index contributed by atoms with van der Waals surface area (Å²) in [5.74, 6) is -1.41. The molecule has 1 fully saturated rings. The number of alkyl carbamates (subject to hydrolysis) is 1.